The lowest BCUT2D eigenvalue weighted by Crippen LogP contribution is -2.25. The van der Waals surface area contributed by atoms with Crippen molar-refractivity contribution in [3.8, 4) is 0 Å². The molecule has 1 rings (SSSR count). The number of methoxy groups -OCH3 is 1. The van der Waals surface area contributed by atoms with Crippen LogP contribution < -0.4 is 5.32 Å². The van der Waals surface area contributed by atoms with Gasteiger partial charge in [-0.2, -0.15) is 0 Å². The second-order valence-corrected chi connectivity index (χ2v) is 6.33. The largest absolute Gasteiger partial charge is 0.383 e. The molecular formula is C16H26BrNO. The van der Waals surface area contributed by atoms with Gasteiger partial charge in [-0.15, -0.1) is 0 Å². The summed E-state index contributed by atoms with van der Waals surface area (Å²) in [6, 6.07) is 8.72. The van der Waals surface area contributed by atoms with E-state index in [1.165, 1.54) is 18.4 Å². The number of ether oxygens (including phenoxy) is 1. The maximum absolute atomic E-state index is 5.07. The van der Waals surface area contributed by atoms with E-state index >= 15 is 0 Å². The summed E-state index contributed by atoms with van der Waals surface area (Å²) in [4.78, 5) is 0. The fourth-order valence-corrected chi connectivity index (χ4v) is 2.37. The second-order valence-electron chi connectivity index (χ2n) is 5.42. The zero-order valence-electron chi connectivity index (χ0n) is 12.3. The third-order valence-electron chi connectivity index (χ3n) is 3.31. The summed E-state index contributed by atoms with van der Waals surface area (Å²) >= 11 is 3.50. The predicted molar refractivity (Wildman–Crippen MR) is 85.7 cm³/mol. The SMILES string of the molecule is COCCNCC(CCC(C)C)c1ccc(Br)cc1. The second kappa shape index (κ2) is 9.51. The summed E-state index contributed by atoms with van der Waals surface area (Å²) in [5, 5.41) is 3.49. The molecule has 2 nitrogen and oxygen atoms in total. The van der Waals surface area contributed by atoms with E-state index in [-0.39, 0.29) is 0 Å². The van der Waals surface area contributed by atoms with Crippen LogP contribution in [0.2, 0.25) is 0 Å². The Morgan fingerprint density at radius 2 is 1.84 bits per heavy atom. The van der Waals surface area contributed by atoms with Crippen molar-refractivity contribution in [3.05, 3.63) is 34.3 Å². The van der Waals surface area contributed by atoms with Crippen molar-refractivity contribution in [2.24, 2.45) is 5.92 Å². The van der Waals surface area contributed by atoms with E-state index in [0.29, 0.717) is 5.92 Å². The Kier molecular flexibility index (Phi) is 8.35. The van der Waals surface area contributed by atoms with Crippen molar-refractivity contribution in [2.45, 2.75) is 32.6 Å². The molecular weight excluding hydrogens is 302 g/mol. The number of rotatable bonds is 9. The number of hydrogen-bond acceptors (Lipinski definition) is 2. The van der Waals surface area contributed by atoms with Crippen LogP contribution in [0, 0.1) is 5.92 Å². The standard InChI is InChI=1S/C16H26BrNO/c1-13(2)4-5-15(12-18-10-11-19-3)14-6-8-16(17)9-7-14/h6-9,13,15,18H,4-5,10-12H2,1-3H3. The minimum Gasteiger partial charge on any atom is -0.383 e. The van der Waals surface area contributed by atoms with Crippen molar-refractivity contribution in [1.82, 2.24) is 5.32 Å². The maximum atomic E-state index is 5.07. The fourth-order valence-electron chi connectivity index (χ4n) is 2.11. The molecule has 0 aliphatic heterocycles. The van der Waals surface area contributed by atoms with Crippen molar-refractivity contribution in [1.29, 1.82) is 0 Å². The molecule has 0 saturated heterocycles. The van der Waals surface area contributed by atoms with Crippen LogP contribution in [0.1, 0.15) is 38.2 Å². The van der Waals surface area contributed by atoms with Crippen LogP contribution in [0.15, 0.2) is 28.7 Å². The van der Waals surface area contributed by atoms with E-state index in [1.54, 1.807) is 7.11 Å². The Hall–Kier alpha value is -0.380. The maximum Gasteiger partial charge on any atom is 0.0587 e. The summed E-state index contributed by atoms with van der Waals surface area (Å²) in [6.07, 6.45) is 2.51. The van der Waals surface area contributed by atoms with Gasteiger partial charge in [0.05, 0.1) is 6.61 Å². The smallest absolute Gasteiger partial charge is 0.0587 e. The van der Waals surface area contributed by atoms with E-state index in [2.05, 4.69) is 59.4 Å². The van der Waals surface area contributed by atoms with Gasteiger partial charge in [-0.1, -0.05) is 48.3 Å². The zero-order chi connectivity index (χ0) is 14.1. The van der Waals surface area contributed by atoms with Crippen LogP contribution in [0.5, 0.6) is 0 Å². The minimum absolute atomic E-state index is 0.590. The monoisotopic (exact) mass is 327 g/mol. The molecule has 0 spiro atoms. The van der Waals surface area contributed by atoms with Crippen LogP contribution in [-0.2, 0) is 4.74 Å². The Balaban J connectivity index is 2.54. The van der Waals surface area contributed by atoms with Crippen molar-refractivity contribution in [2.75, 3.05) is 26.8 Å². The van der Waals surface area contributed by atoms with Gasteiger partial charge in [0.2, 0.25) is 0 Å². The van der Waals surface area contributed by atoms with Crippen molar-refractivity contribution >= 4 is 15.9 Å². The highest BCUT2D eigenvalue weighted by Gasteiger charge is 2.12. The van der Waals surface area contributed by atoms with Crippen LogP contribution in [-0.4, -0.2) is 26.8 Å². The first kappa shape index (κ1) is 16.7. The summed E-state index contributed by atoms with van der Waals surface area (Å²) in [6.45, 7) is 7.30. The number of nitrogens with one attached hydrogen (secondary N) is 1. The molecule has 0 aliphatic rings. The van der Waals surface area contributed by atoms with Gasteiger partial charge >= 0.3 is 0 Å². The van der Waals surface area contributed by atoms with E-state index in [1.807, 2.05) is 0 Å². The topological polar surface area (TPSA) is 21.3 Å². The van der Waals surface area contributed by atoms with Gasteiger partial charge in [0, 0.05) is 24.7 Å². The van der Waals surface area contributed by atoms with Gasteiger partial charge in [-0.05, 0) is 36.0 Å². The van der Waals surface area contributed by atoms with E-state index < -0.39 is 0 Å². The molecule has 0 aliphatic carbocycles. The third kappa shape index (κ3) is 7.09. The normalized spacial score (nSPS) is 12.9. The molecule has 1 aromatic rings. The first-order valence-corrected chi connectivity index (χ1v) is 7.88. The van der Waals surface area contributed by atoms with Gasteiger partial charge in [0.15, 0.2) is 0 Å². The van der Waals surface area contributed by atoms with Crippen molar-refractivity contribution < 1.29 is 4.74 Å². The quantitative estimate of drug-likeness (QED) is 0.686. The summed E-state index contributed by atoms with van der Waals surface area (Å²) in [5.74, 6) is 1.35. The summed E-state index contributed by atoms with van der Waals surface area (Å²) in [5.41, 5.74) is 1.42. The first-order valence-electron chi connectivity index (χ1n) is 7.08. The summed E-state index contributed by atoms with van der Waals surface area (Å²) in [7, 11) is 1.74. The van der Waals surface area contributed by atoms with Gasteiger partial charge in [0.1, 0.15) is 0 Å². The summed E-state index contributed by atoms with van der Waals surface area (Å²) < 4.78 is 6.22. The van der Waals surface area contributed by atoms with Gasteiger partial charge in [-0.3, -0.25) is 0 Å². The van der Waals surface area contributed by atoms with Gasteiger partial charge in [-0.25, -0.2) is 0 Å². The molecule has 1 unspecified atom stereocenters. The van der Waals surface area contributed by atoms with Crippen LogP contribution in [0.25, 0.3) is 0 Å². The Labute approximate surface area is 126 Å². The van der Waals surface area contributed by atoms with Crippen LogP contribution >= 0.6 is 15.9 Å². The highest BCUT2D eigenvalue weighted by Crippen LogP contribution is 2.24. The molecule has 1 aromatic carbocycles. The minimum atomic E-state index is 0.590. The molecule has 1 atom stereocenters. The molecule has 0 bridgehead atoms. The molecule has 3 heteroatoms. The molecule has 0 heterocycles. The molecule has 0 amide bonds. The molecule has 0 fully saturated rings. The highest BCUT2D eigenvalue weighted by atomic mass is 79.9. The lowest BCUT2D eigenvalue weighted by molar-refractivity contribution is 0.198. The average Bonchev–Trinajstić information content (AvgIpc) is 2.39. The third-order valence-corrected chi connectivity index (χ3v) is 3.84. The number of hydrogen-bond donors (Lipinski definition) is 1. The zero-order valence-corrected chi connectivity index (χ0v) is 13.9. The number of benzene rings is 1. The van der Waals surface area contributed by atoms with Gasteiger partial charge < -0.3 is 10.1 Å². The molecule has 1 N–H and O–H groups in total. The van der Waals surface area contributed by atoms with Crippen molar-refractivity contribution in [3.63, 3.8) is 0 Å². The van der Waals surface area contributed by atoms with Crippen LogP contribution in [0.4, 0.5) is 0 Å². The van der Waals surface area contributed by atoms with Crippen LogP contribution in [0.3, 0.4) is 0 Å². The molecule has 0 saturated carbocycles. The lowest BCUT2D eigenvalue weighted by atomic mass is 9.91. The predicted octanol–water partition coefficient (Wildman–Crippen LogP) is 4.20. The molecule has 19 heavy (non-hydrogen) atoms. The van der Waals surface area contributed by atoms with E-state index in [4.69, 9.17) is 4.74 Å². The Bertz CT molecular complexity index is 337. The lowest BCUT2D eigenvalue weighted by Gasteiger charge is -2.19. The molecule has 0 radical (unpaired) electrons. The first-order chi connectivity index (χ1) is 9.13. The fraction of sp³-hybridized carbons (Fsp3) is 0.625. The average molecular weight is 328 g/mol. The van der Waals surface area contributed by atoms with E-state index in [9.17, 15) is 0 Å². The Morgan fingerprint density at radius 1 is 1.16 bits per heavy atom. The molecule has 0 aromatic heterocycles. The number of halogens is 1. The van der Waals surface area contributed by atoms with E-state index in [0.717, 1.165) is 30.1 Å². The highest BCUT2D eigenvalue weighted by molar-refractivity contribution is 9.10. The van der Waals surface area contributed by atoms with Gasteiger partial charge in [0.25, 0.3) is 0 Å². The molecule has 108 valence electrons. The Morgan fingerprint density at radius 3 is 2.42 bits per heavy atom.